The van der Waals surface area contributed by atoms with Crippen LogP contribution in [0, 0.1) is 5.82 Å². The maximum atomic E-state index is 14.0. The first-order valence-electron chi connectivity index (χ1n) is 5.55. The third-order valence-corrected chi connectivity index (χ3v) is 3.48. The number of benzene rings is 1. The Morgan fingerprint density at radius 3 is 2.89 bits per heavy atom. The zero-order valence-corrected chi connectivity index (χ0v) is 11.4. The lowest BCUT2D eigenvalue weighted by Crippen LogP contribution is -2.22. The van der Waals surface area contributed by atoms with E-state index in [1.54, 1.807) is 12.1 Å². The molecule has 0 bridgehead atoms. The smallest absolute Gasteiger partial charge is 0.270 e. The van der Waals surface area contributed by atoms with E-state index in [1.807, 2.05) is 6.92 Å². The topological polar surface area (TPSA) is 71.8 Å². The Balaban J connectivity index is 2.72. The highest BCUT2D eigenvalue weighted by atomic mass is 79.9. The SMILES string of the molecule is CC(CN)c1nc2ccc(CBr)c(F)c2[nH]c1=O. The summed E-state index contributed by atoms with van der Waals surface area (Å²) in [5, 5.41) is 0.387. The zero-order valence-electron chi connectivity index (χ0n) is 9.84. The number of halogens is 2. The minimum absolute atomic E-state index is 0.143. The molecule has 0 amide bonds. The summed E-state index contributed by atoms with van der Waals surface area (Å²) in [5.41, 5.74) is 6.55. The van der Waals surface area contributed by atoms with Crippen molar-refractivity contribution in [2.75, 3.05) is 6.54 Å². The van der Waals surface area contributed by atoms with Crippen molar-refractivity contribution in [3.05, 3.63) is 39.6 Å². The number of aromatic amines is 1. The molecule has 2 aromatic rings. The van der Waals surface area contributed by atoms with Crippen LogP contribution in [-0.2, 0) is 5.33 Å². The van der Waals surface area contributed by atoms with E-state index in [9.17, 15) is 9.18 Å². The molecule has 6 heteroatoms. The minimum atomic E-state index is -0.444. The molecule has 1 aromatic carbocycles. The molecule has 0 radical (unpaired) electrons. The number of nitrogens with one attached hydrogen (secondary N) is 1. The predicted molar refractivity (Wildman–Crippen MR) is 72.4 cm³/mol. The van der Waals surface area contributed by atoms with Gasteiger partial charge >= 0.3 is 0 Å². The van der Waals surface area contributed by atoms with Crippen molar-refractivity contribution in [2.24, 2.45) is 5.73 Å². The van der Waals surface area contributed by atoms with Gasteiger partial charge in [0.05, 0.1) is 5.52 Å². The second-order valence-corrected chi connectivity index (χ2v) is 4.72. The molecule has 1 heterocycles. The van der Waals surface area contributed by atoms with Gasteiger partial charge < -0.3 is 10.7 Å². The van der Waals surface area contributed by atoms with Crippen LogP contribution in [0.5, 0.6) is 0 Å². The van der Waals surface area contributed by atoms with Gasteiger partial charge in [0.25, 0.3) is 5.56 Å². The lowest BCUT2D eigenvalue weighted by Gasteiger charge is -2.09. The third kappa shape index (κ3) is 2.18. The van der Waals surface area contributed by atoms with Gasteiger partial charge in [-0.25, -0.2) is 9.37 Å². The van der Waals surface area contributed by atoms with Crippen molar-refractivity contribution in [1.82, 2.24) is 9.97 Å². The Morgan fingerprint density at radius 2 is 2.28 bits per heavy atom. The molecule has 2 rings (SSSR count). The lowest BCUT2D eigenvalue weighted by atomic mass is 10.1. The van der Waals surface area contributed by atoms with E-state index in [0.717, 1.165) is 0 Å². The number of aromatic nitrogens is 2. The second kappa shape index (κ2) is 5.16. The van der Waals surface area contributed by atoms with E-state index < -0.39 is 5.82 Å². The molecule has 1 aromatic heterocycles. The summed E-state index contributed by atoms with van der Waals surface area (Å²) in [7, 11) is 0. The van der Waals surface area contributed by atoms with Crippen LogP contribution >= 0.6 is 15.9 Å². The molecular formula is C12H13BrFN3O. The summed E-state index contributed by atoms with van der Waals surface area (Å²) < 4.78 is 14.0. The van der Waals surface area contributed by atoms with Crippen LogP contribution < -0.4 is 11.3 Å². The van der Waals surface area contributed by atoms with Crippen molar-refractivity contribution in [1.29, 1.82) is 0 Å². The van der Waals surface area contributed by atoms with Crippen LogP contribution in [0.2, 0.25) is 0 Å². The number of fused-ring (bicyclic) bond motifs is 1. The molecule has 3 N–H and O–H groups in total. The van der Waals surface area contributed by atoms with E-state index in [0.29, 0.717) is 28.6 Å². The van der Waals surface area contributed by atoms with E-state index in [2.05, 4.69) is 25.9 Å². The van der Waals surface area contributed by atoms with Gasteiger partial charge in [-0.15, -0.1) is 0 Å². The van der Waals surface area contributed by atoms with Gasteiger partial charge in [-0.1, -0.05) is 28.9 Å². The number of nitrogens with zero attached hydrogens (tertiary/aromatic N) is 1. The maximum absolute atomic E-state index is 14.0. The van der Waals surface area contributed by atoms with Gasteiger partial charge in [0.2, 0.25) is 0 Å². The average molecular weight is 314 g/mol. The Bertz CT molecular complexity index is 641. The largest absolute Gasteiger partial charge is 0.330 e. The number of hydrogen-bond acceptors (Lipinski definition) is 3. The molecule has 0 aliphatic heterocycles. The zero-order chi connectivity index (χ0) is 13.3. The number of hydrogen-bond donors (Lipinski definition) is 2. The van der Waals surface area contributed by atoms with Gasteiger partial charge in [0, 0.05) is 23.4 Å². The summed E-state index contributed by atoms with van der Waals surface area (Å²) in [4.78, 5) is 18.6. The Kier molecular flexibility index (Phi) is 3.77. The highest BCUT2D eigenvalue weighted by Crippen LogP contribution is 2.20. The fraction of sp³-hybridized carbons (Fsp3) is 0.333. The first-order valence-corrected chi connectivity index (χ1v) is 6.68. The predicted octanol–water partition coefficient (Wildman–Crippen LogP) is 2.02. The molecular weight excluding hydrogens is 301 g/mol. The normalized spacial score (nSPS) is 12.9. The van der Waals surface area contributed by atoms with Crippen molar-refractivity contribution < 1.29 is 4.39 Å². The maximum Gasteiger partial charge on any atom is 0.270 e. The summed E-state index contributed by atoms with van der Waals surface area (Å²) in [6.07, 6.45) is 0. The monoisotopic (exact) mass is 313 g/mol. The molecule has 0 saturated carbocycles. The fourth-order valence-electron chi connectivity index (χ4n) is 1.73. The second-order valence-electron chi connectivity index (χ2n) is 4.15. The Labute approximate surface area is 112 Å². The highest BCUT2D eigenvalue weighted by Gasteiger charge is 2.14. The van der Waals surface area contributed by atoms with Crippen LogP contribution in [0.25, 0.3) is 11.0 Å². The van der Waals surface area contributed by atoms with Crippen LogP contribution in [0.3, 0.4) is 0 Å². The first-order chi connectivity index (χ1) is 8.58. The quantitative estimate of drug-likeness (QED) is 0.852. The van der Waals surface area contributed by atoms with E-state index >= 15 is 0 Å². The van der Waals surface area contributed by atoms with E-state index in [1.165, 1.54) is 0 Å². The number of rotatable bonds is 3. The van der Waals surface area contributed by atoms with E-state index in [-0.39, 0.29) is 17.0 Å². The van der Waals surface area contributed by atoms with Crippen LogP contribution in [0.4, 0.5) is 4.39 Å². The number of nitrogens with two attached hydrogens (primary N) is 1. The average Bonchev–Trinajstić information content (AvgIpc) is 2.38. The number of H-pyrrole nitrogens is 1. The third-order valence-electron chi connectivity index (χ3n) is 2.88. The summed E-state index contributed by atoms with van der Waals surface area (Å²) in [5.74, 6) is -0.599. The molecule has 4 nitrogen and oxygen atoms in total. The van der Waals surface area contributed by atoms with Crippen LogP contribution in [-0.4, -0.2) is 16.5 Å². The molecule has 0 fully saturated rings. The van der Waals surface area contributed by atoms with Gasteiger partial charge in [0.15, 0.2) is 5.82 Å². The van der Waals surface area contributed by atoms with Crippen molar-refractivity contribution in [2.45, 2.75) is 18.2 Å². The molecule has 18 heavy (non-hydrogen) atoms. The Hall–Kier alpha value is -1.27. The van der Waals surface area contributed by atoms with E-state index in [4.69, 9.17) is 5.73 Å². The molecule has 0 saturated heterocycles. The van der Waals surface area contributed by atoms with Crippen LogP contribution in [0.15, 0.2) is 16.9 Å². The lowest BCUT2D eigenvalue weighted by molar-refractivity contribution is 0.625. The Morgan fingerprint density at radius 1 is 1.56 bits per heavy atom. The highest BCUT2D eigenvalue weighted by molar-refractivity contribution is 9.08. The molecule has 1 atom stereocenters. The minimum Gasteiger partial charge on any atom is -0.330 e. The van der Waals surface area contributed by atoms with Crippen molar-refractivity contribution in [3.8, 4) is 0 Å². The van der Waals surface area contributed by atoms with Gasteiger partial charge in [0.1, 0.15) is 11.2 Å². The van der Waals surface area contributed by atoms with Crippen LogP contribution in [0.1, 0.15) is 24.1 Å². The standard InChI is InChI=1S/C12H13BrFN3O/c1-6(5-15)10-12(18)17-11-8(16-10)3-2-7(4-13)9(11)14/h2-3,6H,4-5,15H2,1H3,(H,17,18). The van der Waals surface area contributed by atoms with Gasteiger partial charge in [-0.3, -0.25) is 4.79 Å². The molecule has 0 aliphatic rings. The number of alkyl halides is 1. The fourth-order valence-corrected chi connectivity index (χ4v) is 2.16. The van der Waals surface area contributed by atoms with Gasteiger partial charge in [-0.2, -0.15) is 0 Å². The van der Waals surface area contributed by atoms with Crippen molar-refractivity contribution >= 4 is 27.0 Å². The summed E-state index contributed by atoms with van der Waals surface area (Å²) in [6.45, 7) is 2.14. The molecule has 96 valence electrons. The molecule has 1 unspecified atom stereocenters. The van der Waals surface area contributed by atoms with Gasteiger partial charge in [-0.05, 0) is 6.07 Å². The molecule has 0 spiro atoms. The van der Waals surface area contributed by atoms with Crippen molar-refractivity contribution in [3.63, 3.8) is 0 Å². The summed E-state index contributed by atoms with van der Waals surface area (Å²) >= 11 is 3.19. The summed E-state index contributed by atoms with van der Waals surface area (Å²) in [6, 6.07) is 3.34. The first kappa shape index (κ1) is 13.2. The molecule has 0 aliphatic carbocycles.